The topological polar surface area (TPSA) is 91.5 Å². The van der Waals surface area contributed by atoms with E-state index in [1.165, 1.54) is 38.6 Å². The highest BCUT2D eigenvalue weighted by molar-refractivity contribution is 14.0. The zero-order chi connectivity index (χ0) is 19.9. The second-order valence-electron chi connectivity index (χ2n) is 7.80. The van der Waals surface area contributed by atoms with Crippen LogP contribution >= 0.6 is 24.0 Å². The molecule has 0 radical (unpaired) electrons. The lowest BCUT2D eigenvalue weighted by atomic mass is 10.2. The normalized spacial score (nSPS) is 20.3. The SMILES string of the molecule is CCNC(=NCCc1noc(-c2ccccn2)n1)NC1CCN(C2CCCC2)C1.I. The number of halogens is 1. The summed E-state index contributed by atoms with van der Waals surface area (Å²) in [5, 5.41) is 11.0. The molecule has 0 amide bonds. The highest BCUT2D eigenvalue weighted by Gasteiger charge is 2.30. The van der Waals surface area contributed by atoms with Crippen LogP contribution in [0, 0.1) is 0 Å². The van der Waals surface area contributed by atoms with E-state index in [9.17, 15) is 0 Å². The second-order valence-corrected chi connectivity index (χ2v) is 7.80. The molecule has 2 fully saturated rings. The minimum Gasteiger partial charge on any atom is -0.357 e. The van der Waals surface area contributed by atoms with Crippen LogP contribution < -0.4 is 10.6 Å². The number of rotatable bonds is 7. The highest BCUT2D eigenvalue weighted by atomic mass is 127. The average molecular weight is 525 g/mol. The van der Waals surface area contributed by atoms with E-state index < -0.39 is 0 Å². The monoisotopic (exact) mass is 525 g/mol. The van der Waals surface area contributed by atoms with Gasteiger partial charge in [-0.25, -0.2) is 0 Å². The molecule has 9 heteroatoms. The summed E-state index contributed by atoms with van der Waals surface area (Å²) in [7, 11) is 0. The van der Waals surface area contributed by atoms with Gasteiger partial charge in [0.2, 0.25) is 0 Å². The van der Waals surface area contributed by atoms with Gasteiger partial charge in [0.05, 0.1) is 0 Å². The molecule has 2 aliphatic rings. The Balaban J connectivity index is 0.00000256. The lowest BCUT2D eigenvalue weighted by Crippen LogP contribution is -2.45. The Bertz CT molecular complexity index is 792. The molecule has 1 aliphatic carbocycles. The molecule has 1 atom stereocenters. The van der Waals surface area contributed by atoms with Crippen molar-refractivity contribution in [1.29, 1.82) is 0 Å². The van der Waals surface area contributed by atoms with Gasteiger partial charge in [-0.3, -0.25) is 14.9 Å². The summed E-state index contributed by atoms with van der Waals surface area (Å²) in [6.07, 6.45) is 9.04. The summed E-state index contributed by atoms with van der Waals surface area (Å²) in [6, 6.07) is 6.89. The van der Waals surface area contributed by atoms with E-state index in [2.05, 4.69) is 37.6 Å². The molecule has 1 aliphatic heterocycles. The zero-order valence-corrected chi connectivity index (χ0v) is 19.9. The Hall–Kier alpha value is -1.75. The third-order valence-corrected chi connectivity index (χ3v) is 5.70. The molecule has 30 heavy (non-hydrogen) atoms. The minimum atomic E-state index is 0. The van der Waals surface area contributed by atoms with Crippen LogP contribution in [-0.4, -0.2) is 64.2 Å². The Morgan fingerprint density at radius 3 is 2.90 bits per heavy atom. The van der Waals surface area contributed by atoms with Crippen molar-refractivity contribution in [3.8, 4) is 11.6 Å². The minimum absolute atomic E-state index is 0. The first-order valence-corrected chi connectivity index (χ1v) is 10.8. The number of aliphatic imine (C=N–C) groups is 1. The number of guanidine groups is 1. The number of pyridine rings is 1. The van der Waals surface area contributed by atoms with Gasteiger partial charge < -0.3 is 15.2 Å². The molecule has 2 N–H and O–H groups in total. The highest BCUT2D eigenvalue weighted by Crippen LogP contribution is 2.26. The fourth-order valence-corrected chi connectivity index (χ4v) is 4.24. The van der Waals surface area contributed by atoms with Crippen molar-refractivity contribution in [1.82, 2.24) is 30.7 Å². The third kappa shape index (κ3) is 6.13. The first-order chi connectivity index (χ1) is 14.3. The van der Waals surface area contributed by atoms with Crippen molar-refractivity contribution in [3.63, 3.8) is 0 Å². The number of aromatic nitrogens is 3. The van der Waals surface area contributed by atoms with Crippen LogP contribution in [0.15, 0.2) is 33.9 Å². The average Bonchev–Trinajstić information content (AvgIpc) is 3.50. The maximum absolute atomic E-state index is 5.32. The lowest BCUT2D eigenvalue weighted by Gasteiger charge is -2.24. The summed E-state index contributed by atoms with van der Waals surface area (Å²) < 4.78 is 5.32. The molecule has 1 saturated carbocycles. The van der Waals surface area contributed by atoms with Gasteiger partial charge in [0, 0.05) is 50.9 Å². The van der Waals surface area contributed by atoms with Crippen LogP contribution in [0.5, 0.6) is 0 Å². The van der Waals surface area contributed by atoms with Gasteiger partial charge in [-0.2, -0.15) is 4.98 Å². The number of likely N-dealkylation sites (tertiary alicyclic amines) is 1. The van der Waals surface area contributed by atoms with Gasteiger partial charge >= 0.3 is 0 Å². The molecule has 2 aromatic rings. The van der Waals surface area contributed by atoms with Crippen LogP contribution in [-0.2, 0) is 6.42 Å². The standard InChI is InChI=1S/C21H31N7O.HI/c1-2-22-21(25-16-11-14-28(15-16)17-7-3-4-8-17)24-13-10-19-26-20(29-27-19)18-9-5-6-12-23-18;/h5-6,9,12,16-17H,2-4,7-8,10-11,13-15H2,1H3,(H2,22,24,25);1H. The van der Waals surface area contributed by atoms with E-state index in [4.69, 9.17) is 9.52 Å². The molecule has 1 unspecified atom stereocenters. The van der Waals surface area contributed by atoms with E-state index in [0.717, 1.165) is 25.1 Å². The molecule has 4 rings (SSSR count). The van der Waals surface area contributed by atoms with E-state index >= 15 is 0 Å². The molecule has 8 nitrogen and oxygen atoms in total. The van der Waals surface area contributed by atoms with Crippen molar-refractivity contribution in [2.75, 3.05) is 26.2 Å². The lowest BCUT2D eigenvalue weighted by molar-refractivity contribution is 0.242. The molecule has 0 aromatic carbocycles. The Kier molecular flexibility index (Phi) is 8.86. The van der Waals surface area contributed by atoms with Gasteiger partial charge in [-0.05, 0) is 38.3 Å². The largest absolute Gasteiger partial charge is 0.357 e. The molecular weight excluding hydrogens is 493 g/mol. The maximum atomic E-state index is 5.32. The van der Waals surface area contributed by atoms with Crippen molar-refractivity contribution in [2.24, 2.45) is 4.99 Å². The summed E-state index contributed by atoms with van der Waals surface area (Å²) in [4.78, 5) is 16.0. The molecule has 1 saturated heterocycles. The molecule has 2 aromatic heterocycles. The van der Waals surface area contributed by atoms with Gasteiger partial charge in [0.15, 0.2) is 11.8 Å². The molecule has 0 spiro atoms. The maximum Gasteiger partial charge on any atom is 0.276 e. The van der Waals surface area contributed by atoms with Crippen LogP contribution in [0.1, 0.15) is 44.9 Å². The Morgan fingerprint density at radius 1 is 1.27 bits per heavy atom. The van der Waals surface area contributed by atoms with Crippen molar-refractivity contribution in [3.05, 3.63) is 30.2 Å². The Labute approximate surface area is 195 Å². The zero-order valence-electron chi connectivity index (χ0n) is 17.6. The molecular formula is C21H32IN7O. The van der Waals surface area contributed by atoms with Crippen LogP contribution in [0.4, 0.5) is 0 Å². The van der Waals surface area contributed by atoms with E-state index in [0.29, 0.717) is 36.4 Å². The van der Waals surface area contributed by atoms with Crippen molar-refractivity contribution < 1.29 is 4.52 Å². The fraction of sp³-hybridized carbons (Fsp3) is 0.619. The van der Waals surface area contributed by atoms with Gasteiger partial charge in [0.1, 0.15) is 5.69 Å². The first-order valence-electron chi connectivity index (χ1n) is 10.8. The van der Waals surface area contributed by atoms with Crippen LogP contribution in [0.3, 0.4) is 0 Å². The predicted molar refractivity (Wildman–Crippen MR) is 128 cm³/mol. The van der Waals surface area contributed by atoms with E-state index in [1.54, 1.807) is 6.20 Å². The summed E-state index contributed by atoms with van der Waals surface area (Å²) in [6.45, 7) is 5.86. The van der Waals surface area contributed by atoms with Crippen molar-refractivity contribution >= 4 is 29.9 Å². The summed E-state index contributed by atoms with van der Waals surface area (Å²) >= 11 is 0. The van der Waals surface area contributed by atoms with Gasteiger partial charge in [-0.15, -0.1) is 24.0 Å². The quantitative estimate of drug-likeness (QED) is 0.327. The predicted octanol–water partition coefficient (Wildman–Crippen LogP) is 2.86. The van der Waals surface area contributed by atoms with E-state index in [-0.39, 0.29) is 24.0 Å². The second kappa shape index (κ2) is 11.6. The van der Waals surface area contributed by atoms with Crippen LogP contribution in [0.25, 0.3) is 11.6 Å². The number of hydrogen-bond donors (Lipinski definition) is 2. The molecule has 0 bridgehead atoms. The molecule has 3 heterocycles. The Morgan fingerprint density at radius 2 is 2.13 bits per heavy atom. The fourth-order valence-electron chi connectivity index (χ4n) is 4.24. The summed E-state index contributed by atoms with van der Waals surface area (Å²) in [5.74, 6) is 1.98. The van der Waals surface area contributed by atoms with E-state index in [1.807, 2.05) is 18.2 Å². The van der Waals surface area contributed by atoms with Gasteiger partial charge in [0.25, 0.3) is 5.89 Å². The first kappa shape index (κ1) is 22.9. The summed E-state index contributed by atoms with van der Waals surface area (Å²) in [5.41, 5.74) is 0.692. The number of nitrogens with zero attached hydrogens (tertiary/aromatic N) is 5. The van der Waals surface area contributed by atoms with Crippen molar-refractivity contribution in [2.45, 2.75) is 57.5 Å². The molecule has 164 valence electrons. The number of hydrogen-bond acceptors (Lipinski definition) is 6. The van der Waals surface area contributed by atoms with Gasteiger partial charge in [-0.1, -0.05) is 24.1 Å². The van der Waals surface area contributed by atoms with Crippen LogP contribution in [0.2, 0.25) is 0 Å². The smallest absolute Gasteiger partial charge is 0.276 e. The number of nitrogens with one attached hydrogen (secondary N) is 2. The third-order valence-electron chi connectivity index (χ3n) is 5.70.